The zero-order chi connectivity index (χ0) is 20.6. The van der Waals surface area contributed by atoms with Gasteiger partial charge in [0.15, 0.2) is 0 Å². The molecule has 2 saturated heterocycles. The first-order chi connectivity index (χ1) is 14.7. The van der Waals surface area contributed by atoms with Gasteiger partial charge in [-0.1, -0.05) is 6.42 Å². The zero-order valence-electron chi connectivity index (χ0n) is 17.8. The molecule has 2 saturated carbocycles. The van der Waals surface area contributed by atoms with Crippen molar-refractivity contribution in [3.63, 3.8) is 0 Å². The predicted octanol–water partition coefficient (Wildman–Crippen LogP) is 2.33. The number of nitrogens with zero attached hydrogens (tertiary/aromatic N) is 5. The molecule has 2 aliphatic carbocycles. The van der Waals surface area contributed by atoms with Crippen LogP contribution in [0.4, 0.5) is 5.95 Å². The van der Waals surface area contributed by atoms with Gasteiger partial charge in [0.1, 0.15) is 0 Å². The molecule has 5 rings (SSSR count). The number of carbonyl (C=O) groups is 2. The van der Waals surface area contributed by atoms with Crippen LogP contribution in [-0.2, 0) is 9.59 Å². The second kappa shape index (κ2) is 8.25. The third-order valence-electron chi connectivity index (χ3n) is 8.07. The number of carbonyl (C=O) groups excluding carboxylic acids is 2. The topological polar surface area (TPSA) is 69.6 Å². The van der Waals surface area contributed by atoms with Gasteiger partial charge in [-0.2, -0.15) is 0 Å². The van der Waals surface area contributed by atoms with Gasteiger partial charge in [0.05, 0.1) is 5.41 Å². The third-order valence-corrected chi connectivity index (χ3v) is 8.07. The van der Waals surface area contributed by atoms with Crippen LogP contribution >= 0.6 is 0 Å². The average molecular weight is 412 g/mol. The van der Waals surface area contributed by atoms with Crippen molar-refractivity contribution in [3.05, 3.63) is 18.5 Å². The van der Waals surface area contributed by atoms with Crippen molar-refractivity contribution in [2.24, 2.45) is 17.3 Å². The van der Waals surface area contributed by atoms with E-state index in [9.17, 15) is 9.59 Å². The lowest BCUT2D eigenvalue weighted by Gasteiger charge is -2.37. The maximum Gasteiger partial charge on any atom is 0.236 e. The van der Waals surface area contributed by atoms with E-state index < -0.39 is 0 Å². The van der Waals surface area contributed by atoms with Crippen LogP contribution in [-0.4, -0.2) is 70.9 Å². The van der Waals surface area contributed by atoms with E-state index in [1.807, 2.05) is 6.07 Å². The molecule has 1 spiro atoms. The number of amides is 2. The van der Waals surface area contributed by atoms with Crippen LogP contribution in [0.5, 0.6) is 0 Å². The zero-order valence-corrected chi connectivity index (χ0v) is 17.8. The highest BCUT2D eigenvalue weighted by Gasteiger charge is 2.58. The van der Waals surface area contributed by atoms with Gasteiger partial charge in [-0.05, 0) is 63.0 Å². The lowest BCUT2D eigenvalue weighted by atomic mass is 9.66. The number of hydrogen-bond donors (Lipinski definition) is 0. The SMILES string of the molecule is O=C1CC2(CCC3CCC2C3)C(=O)N1CCCCN1CCN(c2ncccn2)CC1. The van der Waals surface area contributed by atoms with Crippen LogP contribution in [0.3, 0.4) is 0 Å². The van der Waals surface area contributed by atoms with E-state index in [2.05, 4.69) is 19.8 Å². The monoisotopic (exact) mass is 411 g/mol. The molecule has 0 radical (unpaired) electrons. The van der Waals surface area contributed by atoms with Gasteiger partial charge in [0, 0.05) is 51.5 Å². The maximum absolute atomic E-state index is 13.2. The number of piperazine rings is 1. The van der Waals surface area contributed by atoms with Gasteiger partial charge in [-0.25, -0.2) is 9.97 Å². The number of fused-ring (bicyclic) bond motifs is 3. The van der Waals surface area contributed by atoms with E-state index in [0.717, 1.165) is 76.7 Å². The minimum absolute atomic E-state index is 0.0850. The lowest BCUT2D eigenvalue weighted by Crippen LogP contribution is -2.47. The second-order valence-corrected chi connectivity index (χ2v) is 9.68. The highest BCUT2D eigenvalue weighted by molar-refractivity contribution is 6.06. The van der Waals surface area contributed by atoms with E-state index in [-0.39, 0.29) is 17.2 Å². The number of likely N-dealkylation sites (tertiary alicyclic amines) is 1. The molecule has 162 valence electrons. The van der Waals surface area contributed by atoms with Crippen molar-refractivity contribution in [2.45, 2.75) is 51.4 Å². The highest BCUT2D eigenvalue weighted by Crippen LogP contribution is 2.57. The molecular formula is C23H33N5O2. The van der Waals surface area contributed by atoms with Crippen LogP contribution in [0, 0.1) is 17.3 Å². The van der Waals surface area contributed by atoms with E-state index >= 15 is 0 Å². The Bertz CT molecular complexity index is 779. The Hall–Kier alpha value is -2.02. The molecule has 1 aromatic rings. The maximum atomic E-state index is 13.2. The van der Waals surface area contributed by atoms with Crippen molar-refractivity contribution in [3.8, 4) is 0 Å². The van der Waals surface area contributed by atoms with Crippen molar-refractivity contribution in [1.29, 1.82) is 0 Å². The van der Waals surface area contributed by atoms with Gasteiger partial charge in [-0.3, -0.25) is 19.4 Å². The fourth-order valence-corrected chi connectivity index (χ4v) is 6.30. The highest BCUT2D eigenvalue weighted by atomic mass is 16.2. The molecule has 7 nitrogen and oxygen atoms in total. The summed E-state index contributed by atoms with van der Waals surface area (Å²) < 4.78 is 0. The van der Waals surface area contributed by atoms with Gasteiger partial charge in [0.2, 0.25) is 17.8 Å². The number of aromatic nitrogens is 2. The Balaban J connectivity index is 1.06. The summed E-state index contributed by atoms with van der Waals surface area (Å²) in [4.78, 5) is 40.9. The molecule has 3 heterocycles. The Morgan fingerprint density at radius 1 is 0.967 bits per heavy atom. The summed E-state index contributed by atoms with van der Waals surface area (Å²) in [6.45, 7) is 5.52. The molecule has 0 aromatic carbocycles. The van der Waals surface area contributed by atoms with Crippen LogP contribution in [0.25, 0.3) is 0 Å². The number of unbranched alkanes of at least 4 members (excludes halogenated alkanes) is 1. The van der Waals surface area contributed by atoms with Crippen molar-refractivity contribution >= 4 is 17.8 Å². The molecule has 7 heteroatoms. The molecule has 3 unspecified atom stereocenters. The number of imide groups is 1. The lowest BCUT2D eigenvalue weighted by molar-refractivity contribution is -0.143. The summed E-state index contributed by atoms with van der Waals surface area (Å²) in [6, 6.07) is 1.84. The van der Waals surface area contributed by atoms with E-state index in [1.165, 1.54) is 12.8 Å². The molecule has 2 bridgehead atoms. The molecular weight excluding hydrogens is 378 g/mol. The third kappa shape index (κ3) is 3.61. The molecule has 1 aromatic heterocycles. The molecule has 0 N–H and O–H groups in total. The number of anilines is 1. The van der Waals surface area contributed by atoms with Crippen molar-refractivity contribution < 1.29 is 9.59 Å². The summed E-state index contributed by atoms with van der Waals surface area (Å²) >= 11 is 0. The normalized spacial score (nSPS) is 31.9. The molecule has 2 aliphatic heterocycles. The van der Waals surface area contributed by atoms with Gasteiger partial charge < -0.3 is 4.90 Å². The fraction of sp³-hybridized carbons (Fsp3) is 0.739. The van der Waals surface area contributed by atoms with Gasteiger partial charge in [-0.15, -0.1) is 0 Å². The van der Waals surface area contributed by atoms with Gasteiger partial charge in [0.25, 0.3) is 0 Å². The largest absolute Gasteiger partial charge is 0.338 e. The van der Waals surface area contributed by atoms with Crippen LogP contribution < -0.4 is 4.90 Å². The Kier molecular flexibility index (Phi) is 5.48. The molecule has 3 atom stereocenters. The van der Waals surface area contributed by atoms with Crippen LogP contribution in [0.2, 0.25) is 0 Å². The minimum atomic E-state index is -0.333. The van der Waals surface area contributed by atoms with Gasteiger partial charge >= 0.3 is 0 Å². The van der Waals surface area contributed by atoms with Crippen molar-refractivity contribution in [1.82, 2.24) is 19.8 Å². The first-order valence-corrected chi connectivity index (χ1v) is 11.7. The standard InChI is InChI=1S/C23H33N5O2/c29-20-17-23(7-6-18-4-5-19(23)16-18)21(30)28(20)11-2-1-10-26-12-14-27(15-13-26)22-24-8-3-9-25-22/h3,8-9,18-19H,1-2,4-7,10-17H2. The molecule has 30 heavy (non-hydrogen) atoms. The predicted molar refractivity (Wildman–Crippen MR) is 114 cm³/mol. The Morgan fingerprint density at radius 3 is 2.53 bits per heavy atom. The quantitative estimate of drug-likeness (QED) is 0.529. The molecule has 4 aliphatic rings. The summed E-state index contributed by atoms with van der Waals surface area (Å²) in [7, 11) is 0. The smallest absolute Gasteiger partial charge is 0.236 e. The second-order valence-electron chi connectivity index (χ2n) is 9.68. The first kappa shape index (κ1) is 19.9. The summed E-state index contributed by atoms with van der Waals surface area (Å²) in [5.41, 5.74) is -0.333. The Labute approximate surface area is 178 Å². The van der Waals surface area contributed by atoms with E-state index in [0.29, 0.717) is 18.9 Å². The molecule has 4 fully saturated rings. The van der Waals surface area contributed by atoms with Crippen LogP contribution in [0.1, 0.15) is 51.4 Å². The summed E-state index contributed by atoms with van der Waals surface area (Å²) in [6.07, 6.45) is 11.7. The van der Waals surface area contributed by atoms with E-state index in [4.69, 9.17) is 0 Å². The van der Waals surface area contributed by atoms with Crippen LogP contribution in [0.15, 0.2) is 18.5 Å². The van der Waals surface area contributed by atoms with Crippen molar-refractivity contribution in [2.75, 3.05) is 44.2 Å². The first-order valence-electron chi connectivity index (χ1n) is 11.7. The Morgan fingerprint density at radius 2 is 1.73 bits per heavy atom. The number of rotatable bonds is 6. The summed E-state index contributed by atoms with van der Waals surface area (Å²) in [5.74, 6) is 2.33. The number of hydrogen-bond acceptors (Lipinski definition) is 6. The van der Waals surface area contributed by atoms with E-state index in [1.54, 1.807) is 17.3 Å². The average Bonchev–Trinajstić information content (AvgIpc) is 3.29. The minimum Gasteiger partial charge on any atom is -0.338 e. The summed E-state index contributed by atoms with van der Waals surface area (Å²) in [5, 5.41) is 0. The fourth-order valence-electron chi connectivity index (χ4n) is 6.30. The molecule has 2 amide bonds.